The third kappa shape index (κ3) is 4.06. The number of nitrogens with zero attached hydrogens (tertiary/aromatic N) is 4. The van der Waals surface area contributed by atoms with Crippen LogP contribution in [0, 0.1) is 0 Å². The van der Waals surface area contributed by atoms with E-state index in [4.69, 9.17) is 54.3 Å². The van der Waals surface area contributed by atoms with Crippen molar-refractivity contribution in [1.82, 2.24) is 9.97 Å². The molecule has 0 saturated carbocycles. The van der Waals surface area contributed by atoms with Crippen LogP contribution in [0.3, 0.4) is 0 Å². The summed E-state index contributed by atoms with van der Waals surface area (Å²) in [5.74, 6) is 1.11. The molecule has 2 aromatic heterocycles. The molecule has 35 heavy (non-hydrogen) atoms. The van der Waals surface area contributed by atoms with Crippen LogP contribution in [0.5, 0.6) is 0 Å². The summed E-state index contributed by atoms with van der Waals surface area (Å²) in [6.07, 6.45) is 2.18. The first kappa shape index (κ1) is 22.1. The molecule has 6 rings (SSSR count). The highest BCUT2D eigenvalue weighted by Gasteiger charge is 2.34. The molecule has 0 fully saturated rings. The number of hydrogen-bond donors (Lipinski definition) is 0. The Bertz CT molecular complexity index is 1570. The van der Waals surface area contributed by atoms with Crippen molar-refractivity contribution in [2.24, 2.45) is 5.10 Å². The lowest BCUT2D eigenvalue weighted by Crippen LogP contribution is -2.21. The number of hydrazone groups is 1. The van der Waals surface area contributed by atoms with Crippen LogP contribution in [0.1, 0.15) is 23.8 Å². The van der Waals surface area contributed by atoms with Crippen molar-refractivity contribution >= 4 is 57.4 Å². The molecule has 0 aliphatic carbocycles. The monoisotopic (exact) mass is 518 g/mol. The number of aromatic nitrogens is 2. The number of anilines is 1. The van der Waals surface area contributed by atoms with E-state index in [1.54, 1.807) is 17.3 Å². The summed E-state index contributed by atoms with van der Waals surface area (Å²) in [4.78, 5) is 9.85. The molecule has 1 atom stereocenters. The van der Waals surface area contributed by atoms with Crippen LogP contribution in [-0.2, 0) is 0 Å². The van der Waals surface area contributed by atoms with Crippen molar-refractivity contribution in [1.29, 1.82) is 0 Å². The normalized spacial score (nSPS) is 15.6. The van der Waals surface area contributed by atoms with E-state index in [0.29, 0.717) is 33.2 Å². The minimum absolute atomic E-state index is 0.276. The molecule has 3 heterocycles. The molecule has 0 spiro atoms. The molecule has 0 saturated heterocycles. The number of furan rings is 1. The van der Waals surface area contributed by atoms with Gasteiger partial charge in [0.25, 0.3) is 0 Å². The van der Waals surface area contributed by atoms with E-state index in [9.17, 15) is 0 Å². The van der Waals surface area contributed by atoms with Crippen molar-refractivity contribution in [3.05, 3.63) is 112 Å². The fraction of sp³-hybridized carbons (Fsp3) is 0.0741. The molecule has 1 unspecified atom stereocenters. The smallest absolute Gasteiger partial charge is 0.247 e. The van der Waals surface area contributed by atoms with Crippen molar-refractivity contribution in [3.63, 3.8) is 0 Å². The fourth-order valence-corrected chi connectivity index (χ4v) is 4.92. The van der Waals surface area contributed by atoms with Gasteiger partial charge in [-0.25, -0.2) is 15.0 Å². The lowest BCUT2D eigenvalue weighted by molar-refractivity contribution is 0.556. The highest BCUT2D eigenvalue weighted by molar-refractivity contribution is 6.42. The van der Waals surface area contributed by atoms with E-state index in [0.717, 1.165) is 33.4 Å². The number of hydrogen-bond acceptors (Lipinski definition) is 5. The average Bonchev–Trinajstić information content (AvgIpc) is 3.56. The first-order valence-electron chi connectivity index (χ1n) is 11.0. The average molecular weight is 520 g/mol. The topological polar surface area (TPSA) is 54.5 Å². The SMILES string of the molecule is Clc1ccc2c(-c3ccccc3)nc(N3N=C(c4ccco4)CC3c3cccc(Cl)c3Cl)nc2c1. The Morgan fingerprint density at radius 3 is 2.51 bits per heavy atom. The summed E-state index contributed by atoms with van der Waals surface area (Å²) in [6.45, 7) is 0. The number of rotatable bonds is 4. The Kier molecular flexibility index (Phi) is 5.69. The highest BCUT2D eigenvalue weighted by atomic mass is 35.5. The molecule has 0 radical (unpaired) electrons. The lowest BCUT2D eigenvalue weighted by Gasteiger charge is -2.24. The van der Waals surface area contributed by atoms with Gasteiger partial charge in [-0.05, 0) is 42.0 Å². The van der Waals surface area contributed by atoms with Gasteiger partial charge in [0.2, 0.25) is 5.95 Å². The first-order chi connectivity index (χ1) is 17.1. The minimum Gasteiger partial charge on any atom is -0.463 e. The van der Waals surface area contributed by atoms with E-state index in [-0.39, 0.29) is 6.04 Å². The van der Waals surface area contributed by atoms with Crippen molar-refractivity contribution in [2.75, 3.05) is 5.01 Å². The van der Waals surface area contributed by atoms with Gasteiger partial charge in [0.15, 0.2) is 0 Å². The summed E-state index contributed by atoms with van der Waals surface area (Å²) in [5.41, 5.74) is 4.08. The van der Waals surface area contributed by atoms with Crippen LogP contribution < -0.4 is 5.01 Å². The second kappa shape index (κ2) is 9.00. The molecule has 5 aromatic rings. The van der Waals surface area contributed by atoms with Crippen LogP contribution in [0.15, 0.2) is 94.6 Å². The number of benzene rings is 3. The molecule has 8 heteroatoms. The third-order valence-corrected chi connectivity index (χ3v) is 7.02. The molecule has 0 N–H and O–H groups in total. The fourth-order valence-electron chi connectivity index (χ4n) is 4.32. The zero-order valence-corrected chi connectivity index (χ0v) is 20.5. The quantitative estimate of drug-likeness (QED) is 0.240. The second-order valence-electron chi connectivity index (χ2n) is 8.13. The van der Waals surface area contributed by atoms with Crippen LogP contribution in [0.25, 0.3) is 22.2 Å². The summed E-state index contributed by atoms with van der Waals surface area (Å²) in [5, 5.41) is 9.13. The Hall–Kier alpha value is -3.38. The van der Waals surface area contributed by atoms with Gasteiger partial charge in [-0.1, -0.05) is 77.3 Å². The van der Waals surface area contributed by atoms with E-state index in [1.165, 1.54) is 0 Å². The number of halogens is 3. The Balaban J connectivity index is 1.57. The lowest BCUT2D eigenvalue weighted by atomic mass is 10.0. The summed E-state index contributed by atoms with van der Waals surface area (Å²) in [7, 11) is 0. The molecule has 3 aromatic carbocycles. The highest BCUT2D eigenvalue weighted by Crippen LogP contribution is 2.41. The summed E-state index contributed by atoms with van der Waals surface area (Å²) < 4.78 is 5.64. The standard InChI is InChI=1S/C27H17Cl3N4O/c28-17-11-12-18-21(14-17)31-27(32-26(18)16-6-2-1-3-7-16)34-23(19-8-4-9-20(29)25(19)30)15-22(33-34)24-10-5-13-35-24/h1-14,23H,15H2. The second-order valence-corrected chi connectivity index (χ2v) is 9.35. The van der Waals surface area contributed by atoms with Gasteiger partial charge in [0.05, 0.1) is 33.6 Å². The maximum absolute atomic E-state index is 6.65. The summed E-state index contributed by atoms with van der Waals surface area (Å²) >= 11 is 19.4. The van der Waals surface area contributed by atoms with Crippen LogP contribution in [0.2, 0.25) is 15.1 Å². The summed E-state index contributed by atoms with van der Waals surface area (Å²) in [6, 6.07) is 24.6. The van der Waals surface area contributed by atoms with Gasteiger partial charge in [0.1, 0.15) is 11.5 Å². The number of fused-ring (bicyclic) bond motifs is 1. The molecule has 0 bridgehead atoms. The largest absolute Gasteiger partial charge is 0.463 e. The van der Waals surface area contributed by atoms with E-state index in [1.807, 2.05) is 72.8 Å². The van der Waals surface area contributed by atoms with E-state index < -0.39 is 0 Å². The molecule has 1 aliphatic rings. The first-order valence-corrected chi connectivity index (χ1v) is 12.1. The van der Waals surface area contributed by atoms with Gasteiger partial charge in [0, 0.05) is 22.4 Å². The van der Waals surface area contributed by atoms with Gasteiger partial charge >= 0.3 is 0 Å². The van der Waals surface area contributed by atoms with Gasteiger partial charge in [-0.3, -0.25) is 0 Å². The van der Waals surface area contributed by atoms with E-state index >= 15 is 0 Å². The van der Waals surface area contributed by atoms with Crippen molar-refractivity contribution in [2.45, 2.75) is 12.5 Å². The van der Waals surface area contributed by atoms with Gasteiger partial charge in [-0.15, -0.1) is 0 Å². The zero-order chi connectivity index (χ0) is 23.9. The van der Waals surface area contributed by atoms with Crippen LogP contribution in [0.4, 0.5) is 5.95 Å². The molecular weight excluding hydrogens is 503 g/mol. The molecule has 1 aliphatic heterocycles. The molecule has 0 amide bonds. The molecule has 5 nitrogen and oxygen atoms in total. The van der Waals surface area contributed by atoms with E-state index in [2.05, 4.69) is 0 Å². The maximum atomic E-state index is 6.65. The van der Waals surface area contributed by atoms with Crippen molar-refractivity contribution < 1.29 is 4.42 Å². The van der Waals surface area contributed by atoms with Crippen LogP contribution in [-0.4, -0.2) is 15.7 Å². The zero-order valence-electron chi connectivity index (χ0n) is 18.2. The predicted octanol–water partition coefficient (Wildman–Crippen LogP) is 8.21. The third-order valence-electron chi connectivity index (χ3n) is 5.96. The Labute approximate surface area is 216 Å². The van der Waals surface area contributed by atoms with Gasteiger partial charge in [-0.2, -0.15) is 5.10 Å². The van der Waals surface area contributed by atoms with Crippen LogP contribution >= 0.6 is 34.8 Å². The van der Waals surface area contributed by atoms with Gasteiger partial charge < -0.3 is 4.42 Å². The van der Waals surface area contributed by atoms with Crippen molar-refractivity contribution in [3.8, 4) is 11.3 Å². The maximum Gasteiger partial charge on any atom is 0.247 e. The molecular formula is C27H17Cl3N4O. The molecule has 172 valence electrons. The minimum atomic E-state index is -0.276. The Morgan fingerprint density at radius 2 is 1.71 bits per heavy atom. The predicted molar refractivity (Wildman–Crippen MR) is 142 cm³/mol. The Morgan fingerprint density at radius 1 is 0.857 bits per heavy atom.